The summed E-state index contributed by atoms with van der Waals surface area (Å²) >= 11 is 0. The van der Waals surface area contributed by atoms with Crippen LogP contribution in [0.2, 0.25) is 0 Å². The molecule has 1 saturated carbocycles. The molecule has 1 aliphatic rings. The van der Waals surface area contributed by atoms with Crippen LogP contribution in [-0.4, -0.2) is 41.9 Å². The highest BCUT2D eigenvalue weighted by atomic mass is 19.1. The molecule has 2 rings (SSSR count). The minimum absolute atomic E-state index is 0.0997. The van der Waals surface area contributed by atoms with E-state index in [2.05, 4.69) is 5.43 Å². The maximum Gasteiger partial charge on any atom is 0.306 e. The minimum Gasteiger partial charge on any atom is -0.461 e. The van der Waals surface area contributed by atoms with Gasteiger partial charge in [-0.25, -0.2) is 4.39 Å². The monoisotopic (exact) mass is 449 g/mol. The van der Waals surface area contributed by atoms with Crippen molar-refractivity contribution in [1.29, 1.82) is 0 Å². The Balaban J connectivity index is 2.02. The van der Waals surface area contributed by atoms with E-state index in [9.17, 15) is 23.6 Å². The van der Waals surface area contributed by atoms with Gasteiger partial charge in [-0.2, -0.15) is 0 Å². The summed E-state index contributed by atoms with van der Waals surface area (Å²) in [7, 11) is 0. The lowest BCUT2D eigenvalue weighted by molar-refractivity contribution is -0.150. The topological polar surface area (TPSA) is 119 Å². The van der Waals surface area contributed by atoms with Crippen LogP contribution in [0.4, 0.5) is 4.39 Å². The Bertz CT molecular complexity index is 768. The molecule has 0 heterocycles. The van der Waals surface area contributed by atoms with E-state index in [0.717, 1.165) is 42.7 Å². The van der Waals surface area contributed by atoms with Gasteiger partial charge in [-0.15, -0.1) is 0 Å². The number of nitrogens with zero attached hydrogens (tertiary/aromatic N) is 1. The van der Waals surface area contributed by atoms with Crippen molar-refractivity contribution >= 4 is 23.7 Å². The smallest absolute Gasteiger partial charge is 0.306 e. The average Bonchev–Trinajstić information content (AvgIpc) is 2.80. The van der Waals surface area contributed by atoms with Crippen LogP contribution < -0.4 is 11.2 Å². The number of nitrogens with two attached hydrogens (primary N) is 1. The van der Waals surface area contributed by atoms with E-state index in [1.165, 1.54) is 0 Å². The van der Waals surface area contributed by atoms with Crippen LogP contribution in [0, 0.1) is 11.8 Å². The van der Waals surface area contributed by atoms with Gasteiger partial charge in [0.15, 0.2) is 6.67 Å². The van der Waals surface area contributed by atoms with Crippen molar-refractivity contribution in [2.45, 2.75) is 58.0 Å². The fourth-order valence-electron chi connectivity index (χ4n) is 3.87. The van der Waals surface area contributed by atoms with Gasteiger partial charge in [0, 0.05) is 6.42 Å². The Kier molecular flexibility index (Phi) is 10.6. The summed E-state index contributed by atoms with van der Waals surface area (Å²) in [6.45, 7) is -1.47. The molecule has 1 aliphatic carbocycles. The molecule has 0 radical (unpaired) electrons. The van der Waals surface area contributed by atoms with Crippen LogP contribution in [0.1, 0.15) is 56.9 Å². The van der Waals surface area contributed by atoms with Crippen molar-refractivity contribution in [2.75, 3.05) is 13.2 Å². The van der Waals surface area contributed by atoms with Gasteiger partial charge < -0.3 is 10.5 Å². The first-order chi connectivity index (χ1) is 15.4. The molecule has 3 amide bonds. The van der Waals surface area contributed by atoms with Crippen LogP contribution in [0.25, 0.3) is 0 Å². The fourth-order valence-corrected chi connectivity index (χ4v) is 3.87. The fraction of sp³-hybridized carbons (Fsp3) is 0.565. The predicted molar refractivity (Wildman–Crippen MR) is 115 cm³/mol. The second-order valence-electron chi connectivity index (χ2n) is 8.16. The molecule has 0 saturated heterocycles. The molecule has 1 fully saturated rings. The molecule has 1 aromatic rings. The first kappa shape index (κ1) is 25.3. The second kappa shape index (κ2) is 13.4. The SMILES string of the molecule is NC(=O)CCN(NC(=O)[C@@H](CC(=O)OCc1ccccc1)CC1CCCCC1)C(=O)CF. The number of esters is 1. The maximum atomic E-state index is 13.0. The predicted octanol–water partition coefficient (Wildman–Crippen LogP) is 2.41. The summed E-state index contributed by atoms with van der Waals surface area (Å²) < 4.78 is 18.3. The first-order valence-corrected chi connectivity index (χ1v) is 11.0. The summed E-state index contributed by atoms with van der Waals surface area (Å²) in [4.78, 5) is 48.3. The number of rotatable bonds is 11. The van der Waals surface area contributed by atoms with Crippen LogP contribution in [0.3, 0.4) is 0 Å². The van der Waals surface area contributed by atoms with E-state index in [1.807, 2.05) is 30.3 Å². The number of primary amides is 1. The van der Waals surface area contributed by atoms with Gasteiger partial charge >= 0.3 is 5.97 Å². The summed E-state index contributed by atoms with van der Waals surface area (Å²) in [5, 5.41) is 0.760. The van der Waals surface area contributed by atoms with Crippen molar-refractivity contribution in [3.05, 3.63) is 35.9 Å². The molecule has 32 heavy (non-hydrogen) atoms. The molecular weight excluding hydrogens is 417 g/mol. The number of ether oxygens (including phenoxy) is 1. The van der Waals surface area contributed by atoms with Crippen LogP contribution in [0.15, 0.2) is 30.3 Å². The number of nitrogens with one attached hydrogen (secondary N) is 1. The Morgan fingerprint density at radius 3 is 2.44 bits per heavy atom. The number of hydrazine groups is 1. The molecule has 0 spiro atoms. The van der Waals surface area contributed by atoms with Crippen LogP contribution in [0.5, 0.6) is 0 Å². The standard InChI is InChI=1S/C23H32FN3O5/c24-15-21(29)27(12-11-20(25)28)26-23(31)19(13-17-7-3-1-4-8-17)14-22(30)32-16-18-9-5-2-6-10-18/h2,5-6,9-10,17,19H,1,3-4,7-8,11-16H2,(H2,25,28)(H,26,31)/t19-/m1/s1. The lowest BCUT2D eigenvalue weighted by atomic mass is 9.81. The van der Waals surface area contributed by atoms with Crippen molar-refractivity contribution in [3.8, 4) is 0 Å². The summed E-state index contributed by atoms with van der Waals surface area (Å²) in [6.07, 6.45) is 5.33. The number of amides is 3. The normalized spacial score (nSPS) is 14.9. The van der Waals surface area contributed by atoms with Crippen molar-refractivity contribution in [3.63, 3.8) is 0 Å². The zero-order valence-corrected chi connectivity index (χ0v) is 18.3. The highest BCUT2D eigenvalue weighted by Gasteiger charge is 2.29. The molecule has 0 unspecified atom stereocenters. The Morgan fingerprint density at radius 1 is 1.12 bits per heavy atom. The molecule has 8 nitrogen and oxygen atoms in total. The second-order valence-corrected chi connectivity index (χ2v) is 8.16. The highest BCUT2D eigenvalue weighted by Crippen LogP contribution is 2.30. The quantitative estimate of drug-likeness (QED) is 0.397. The number of halogens is 1. The summed E-state index contributed by atoms with van der Waals surface area (Å²) in [5.74, 6) is -3.20. The van der Waals surface area contributed by atoms with E-state index in [-0.39, 0.29) is 31.9 Å². The summed E-state index contributed by atoms with van der Waals surface area (Å²) in [6, 6.07) is 9.20. The number of hydrogen-bond donors (Lipinski definition) is 2. The highest BCUT2D eigenvalue weighted by molar-refractivity contribution is 5.86. The number of alkyl halides is 1. The van der Waals surface area contributed by atoms with E-state index >= 15 is 0 Å². The van der Waals surface area contributed by atoms with Crippen molar-refractivity contribution < 1.29 is 28.3 Å². The number of carbonyl (C=O) groups excluding carboxylic acids is 4. The minimum atomic E-state index is -1.33. The molecule has 1 aromatic carbocycles. The van der Waals surface area contributed by atoms with E-state index in [4.69, 9.17) is 10.5 Å². The number of carbonyl (C=O) groups is 4. The Morgan fingerprint density at radius 2 is 1.81 bits per heavy atom. The van der Waals surface area contributed by atoms with Gasteiger partial charge in [0.05, 0.1) is 18.9 Å². The third-order valence-corrected chi connectivity index (χ3v) is 5.61. The van der Waals surface area contributed by atoms with Gasteiger partial charge in [0.1, 0.15) is 6.61 Å². The van der Waals surface area contributed by atoms with Crippen LogP contribution in [-0.2, 0) is 30.5 Å². The average molecular weight is 450 g/mol. The van der Waals surface area contributed by atoms with Gasteiger partial charge in [-0.3, -0.25) is 29.6 Å². The number of benzene rings is 1. The Labute approximate surface area is 187 Å². The van der Waals surface area contributed by atoms with Gasteiger partial charge in [-0.1, -0.05) is 62.4 Å². The van der Waals surface area contributed by atoms with Gasteiger partial charge in [0.2, 0.25) is 11.8 Å². The zero-order valence-electron chi connectivity index (χ0n) is 18.3. The van der Waals surface area contributed by atoms with Gasteiger partial charge in [-0.05, 0) is 17.9 Å². The molecule has 0 aromatic heterocycles. The molecule has 3 N–H and O–H groups in total. The third-order valence-electron chi connectivity index (χ3n) is 5.61. The largest absolute Gasteiger partial charge is 0.461 e. The summed E-state index contributed by atoms with van der Waals surface area (Å²) in [5.41, 5.74) is 8.31. The lowest BCUT2D eigenvalue weighted by Gasteiger charge is -2.28. The number of hydrogen-bond acceptors (Lipinski definition) is 5. The molecule has 0 bridgehead atoms. The molecule has 0 aliphatic heterocycles. The van der Waals surface area contributed by atoms with E-state index in [0.29, 0.717) is 6.42 Å². The van der Waals surface area contributed by atoms with Crippen LogP contribution >= 0.6 is 0 Å². The molecule has 1 atom stereocenters. The van der Waals surface area contributed by atoms with Crippen molar-refractivity contribution in [1.82, 2.24) is 10.4 Å². The lowest BCUT2D eigenvalue weighted by Crippen LogP contribution is -2.50. The zero-order chi connectivity index (χ0) is 23.3. The third kappa shape index (κ3) is 9.03. The Hall–Kier alpha value is -2.97. The molecule has 9 heteroatoms. The maximum absolute atomic E-state index is 13.0. The molecule has 176 valence electrons. The van der Waals surface area contributed by atoms with E-state index in [1.54, 1.807) is 0 Å². The van der Waals surface area contributed by atoms with E-state index < -0.39 is 36.3 Å². The van der Waals surface area contributed by atoms with Gasteiger partial charge in [0.25, 0.3) is 5.91 Å². The first-order valence-electron chi connectivity index (χ1n) is 11.0. The molecular formula is C23H32FN3O5. The van der Waals surface area contributed by atoms with Crippen molar-refractivity contribution in [2.24, 2.45) is 17.6 Å².